The van der Waals surface area contributed by atoms with Crippen LogP contribution in [0.1, 0.15) is 23.2 Å². The molecule has 2 rings (SSSR count). The molecule has 94 valence electrons. The maximum absolute atomic E-state index is 13.6. The molecule has 1 aliphatic carbocycles. The largest absolute Gasteiger partial charge is 0.478 e. The van der Waals surface area contributed by atoms with Crippen LogP contribution in [-0.2, 0) is 4.79 Å². The zero-order valence-electron chi connectivity index (χ0n) is 9.52. The quantitative estimate of drug-likeness (QED) is 0.808. The highest BCUT2D eigenvalue weighted by Crippen LogP contribution is 2.22. The Labute approximate surface area is 103 Å². The summed E-state index contributed by atoms with van der Waals surface area (Å²) < 4.78 is 13.6. The van der Waals surface area contributed by atoms with Crippen LogP contribution in [0.2, 0.25) is 0 Å². The van der Waals surface area contributed by atoms with Crippen LogP contribution in [-0.4, -0.2) is 17.0 Å². The minimum atomic E-state index is -1.20. The van der Waals surface area contributed by atoms with Gasteiger partial charge in [-0.25, -0.2) is 9.18 Å². The fourth-order valence-electron chi connectivity index (χ4n) is 1.82. The summed E-state index contributed by atoms with van der Waals surface area (Å²) in [5, 5.41) is 11.2. The monoisotopic (exact) mass is 249 g/mol. The van der Waals surface area contributed by atoms with Gasteiger partial charge in [0.05, 0.1) is 11.3 Å². The highest BCUT2D eigenvalue weighted by atomic mass is 19.1. The van der Waals surface area contributed by atoms with Gasteiger partial charge in [0, 0.05) is 5.92 Å². The van der Waals surface area contributed by atoms with Crippen LogP contribution in [0.5, 0.6) is 0 Å². The molecule has 1 amide bonds. The summed E-state index contributed by atoms with van der Waals surface area (Å²) in [7, 11) is 0. The summed E-state index contributed by atoms with van der Waals surface area (Å²) in [6.07, 6.45) is 5.13. The smallest absolute Gasteiger partial charge is 0.335 e. The molecule has 0 saturated carbocycles. The molecule has 0 aliphatic heterocycles. The predicted octanol–water partition coefficient (Wildman–Crippen LogP) is 2.43. The molecule has 0 unspecified atom stereocenters. The third-order valence-electron chi connectivity index (χ3n) is 2.85. The van der Waals surface area contributed by atoms with Crippen molar-refractivity contribution in [2.24, 2.45) is 5.92 Å². The number of benzene rings is 1. The second-order valence-corrected chi connectivity index (χ2v) is 4.13. The number of allylic oxidation sites excluding steroid dienone is 2. The lowest BCUT2D eigenvalue weighted by atomic mass is 10.1. The van der Waals surface area contributed by atoms with E-state index < -0.39 is 11.8 Å². The number of hydrogen-bond donors (Lipinski definition) is 2. The Kier molecular flexibility index (Phi) is 3.41. The number of nitrogens with one attached hydrogen (secondary N) is 1. The average molecular weight is 249 g/mol. The Balaban J connectivity index is 2.09. The number of hydrogen-bond acceptors (Lipinski definition) is 2. The van der Waals surface area contributed by atoms with Crippen LogP contribution in [0.15, 0.2) is 30.4 Å². The zero-order chi connectivity index (χ0) is 13.1. The molecule has 0 heterocycles. The number of carbonyl (C=O) groups excluding carboxylic acids is 1. The molecule has 0 fully saturated rings. The predicted molar refractivity (Wildman–Crippen MR) is 63.9 cm³/mol. The average Bonchev–Trinajstić information content (AvgIpc) is 2.85. The molecule has 5 heteroatoms. The maximum Gasteiger partial charge on any atom is 0.335 e. The van der Waals surface area contributed by atoms with Gasteiger partial charge in [0.2, 0.25) is 5.91 Å². The molecular weight excluding hydrogens is 237 g/mol. The van der Waals surface area contributed by atoms with Gasteiger partial charge in [0.15, 0.2) is 0 Å². The molecule has 1 aromatic carbocycles. The second-order valence-electron chi connectivity index (χ2n) is 4.13. The van der Waals surface area contributed by atoms with E-state index in [1.165, 1.54) is 12.1 Å². The Morgan fingerprint density at radius 1 is 1.28 bits per heavy atom. The van der Waals surface area contributed by atoms with Gasteiger partial charge in [-0.2, -0.15) is 0 Å². The molecule has 18 heavy (non-hydrogen) atoms. The van der Waals surface area contributed by atoms with E-state index in [1.807, 2.05) is 12.2 Å². The zero-order valence-corrected chi connectivity index (χ0v) is 9.52. The minimum Gasteiger partial charge on any atom is -0.478 e. The summed E-state index contributed by atoms with van der Waals surface area (Å²) in [5.74, 6) is -2.36. The number of carboxylic acids is 1. The second kappa shape index (κ2) is 5.00. The van der Waals surface area contributed by atoms with Crippen LogP contribution in [0, 0.1) is 11.7 Å². The summed E-state index contributed by atoms with van der Waals surface area (Å²) >= 11 is 0. The van der Waals surface area contributed by atoms with Crippen molar-refractivity contribution >= 4 is 17.6 Å². The first-order chi connectivity index (χ1) is 8.58. The van der Waals surface area contributed by atoms with Crippen LogP contribution < -0.4 is 5.32 Å². The molecule has 0 bridgehead atoms. The molecular formula is C13H12FNO3. The third kappa shape index (κ3) is 2.56. The number of anilines is 1. The maximum atomic E-state index is 13.6. The van der Waals surface area contributed by atoms with E-state index in [2.05, 4.69) is 5.32 Å². The number of carboxylic acid groups (broad SMARTS) is 1. The van der Waals surface area contributed by atoms with Gasteiger partial charge in [-0.1, -0.05) is 12.2 Å². The van der Waals surface area contributed by atoms with Gasteiger partial charge < -0.3 is 10.4 Å². The lowest BCUT2D eigenvalue weighted by Gasteiger charge is -2.11. The SMILES string of the molecule is O=C(O)c1ccc(NC(=O)C2CC=CC2)c(F)c1. The van der Waals surface area contributed by atoms with Crippen molar-refractivity contribution in [3.8, 4) is 0 Å². The lowest BCUT2D eigenvalue weighted by molar-refractivity contribution is -0.119. The van der Waals surface area contributed by atoms with Gasteiger partial charge in [-0.3, -0.25) is 4.79 Å². The fraction of sp³-hybridized carbons (Fsp3) is 0.231. The topological polar surface area (TPSA) is 66.4 Å². The number of carbonyl (C=O) groups is 2. The summed E-state index contributed by atoms with van der Waals surface area (Å²) in [6, 6.07) is 3.41. The molecule has 0 aromatic heterocycles. The van der Waals surface area contributed by atoms with Gasteiger partial charge in [-0.05, 0) is 31.0 Å². The van der Waals surface area contributed by atoms with Crippen LogP contribution >= 0.6 is 0 Å². The van der Waals surface area contributed by atoms with Gasteiger partial charge >= 0.3 is 5.97 Å². The van der Waals surface area contributed by atoms with E-state index in [-0.39, 0.29) is 23.1 Å². The van der Waals surface area contributed by atoms with Crippen molar-refractivity contribution < 1.29 is 19.1 Å². The normalized spacial score (nSPS) is 14.7. The Hall–Kier alpha value is -2.17. The summed E-state index contributed by atoms with van der Waals surface area (Å²) in [6.45, 7) is 0. The van der Waals surface area contributed by atoms with Crippen molar-refractivity contribution in [3.63, 3.8) is 0 Å². The molecule has 1 aromatic rings. The molecule has 0 radical (unpaired) electrons. The molecule has 0 saturated heterocycles. The lowest BCUT2D eigenvalue weighted by Crippen LogP contribution is -2.21. The number of rotatable bonds is 3. The molecule has 0 spiro atoms. The van der Waals surface area contributed by atoms with E-state index in [9.17, 15) is 14.0 Å². The van der Waals surface area contributed by atoms with Crippen molar-refractivity contribution in [3.05, 3.63) is 41.7 Å². The molecule has 4 nitrogen and oxygen atoms in total. The van der Waals surface area contributed by atoms with Crippen molar-refractivity contribution in [1.82, 2.24) is 0 Å². The van der Waals surface area contributed by atoms with E-state index in [1.54, 1.807) is 0 Å². The van der Waals surface area contributed by atoms with E-state index >= 15 is 0 Å². The highest BCUT2D eigenvalue weighted by molar-refractivity contribution is 5.94. The summed E-state index contributed by atoms with van der Waals surface area (Å²) in [4.78, 5) is 22.4. The van der Waals surface area contributed by atoms with E-state index in [0.717, 1.165) is 6.07 Å². The van der Waals surface area contributed by atoms with Crippen LogP contribution in [0.3, 0.4) is 0 Å². The fourth-order valence-corrected chi connectivity index (χ4v) is 1.82. The van der Waals surface area contributed by atoms with Gasteiger partial charge in [-0.15, -0.1) is 0 Å². The van der Waals surface area contributed by atoms with E-state index in [0.29, 0.717) is 12.8 Å². The standard InChI is InChI=1S/C13H12FNO3/c14-10-7-9(13(17)18)5-6-11(10)15-12(16)8-3-1-2-4-8/h1-2,5-8H,3-4H2,(H,15,16)(H,17,18). The molecule has 2 N–H and O–H groups in total. The van der Waals surface area contributed by atoms with Crippen LogP contribution in [0.4, 0.5) is 10.1 Å². The number of amides is 1. The first-order valence-corrected chi connectivity index (χ1v) is 5.56. The van der Waals surface area contributed by atoms with Crippen LogP contribution in [0.25, 0.3) is 0 Å². The van der Waals surface area contributed by atoms with Crippen molar-refractivity contribution in [2.75, 3.05) is 5.32 Å². The van der Waals surface area contributed by atoms with Crippen molar-refractivity contribution in [2.45, 2.75) is 12.8 Å². The summed E-state index contributed by atoms with van der Waals surface area (Å²) in [5.41, 5.74) is -0.134. The molecule has 1 aliphatic rings. The first-order valence-electron chi connectivity index (χ1n) is 5.56. The van der Waals surface area contributed by atoms with Gasteiger partial charge in [0.1, 0.15) is 5.82 Å². The van der Waals surface area contributed by atoms with E-state index in [4.69, 9.17) is 5.11 Å². The number of aromatic carboxylic acids is 1. The number of halogens is 1. The first kappa shape index (κ1) is 12.3. The van der Waals surface area contributed by atoms with Crippen molar-refractivity contribution in [1.29, 1.82) is 0 Å². The van der Waals surface area contributed by atoms with Gasteiger partial charge in [0.25, 0.3) is 0 Å². The Morgan fingerprint density at radius 3 is 2.50 bits per heavy atom. The Morgan fingerprint density at radius 2 is 1.94 bits per heavy atom. The molecule has 0 atom stereocenters. The highest BCUT2D eigenvalue weighted by Gasteiger charge is 2.20. The minimum absolute atomic E-state index is 0.0110. The Bertz CT molecular complexity index is 517. The third-order valence-corrected chi connectivity index (χ3v) is 2.85.